The van der Waals surface area contributed by atoms with Gasteiger partial charge in [-0.3, -0.25) is 4.90 Å². The van der Waals surface area contributed by atoms with E-state index in [1.54, 1.807) is 12.1 Å². The van der Waals surface area contributed by atoms with Crippen LogP contribution < -0.4 is 4.74 Å². The second kappa shape index (κ2) is 5.42. The Kier molecular flexibility index (Phi) is 3.63. The highest BCUT2D eigenvalue weighted by atomic mass is 16.5. The van der Waals surface area contributed by atoms with E-state index in [0.29, 0.717) is 18.0 Å². The zero-order valence-electron chi connectivity index (χ0n) is 11.5. The smallest absolute Gasteiger partial charge is 0.339 e. The molecule has 0 aromatic heterocycles. The molecule has 2 atom stereocenters. The molecule has 1 N–H and O–H groups in total. The summed E-state index contributed by atoms with van der Waals surface area (Å²) in [6.07, 6.45) is 2.99. The predicted octanol–water partition coefficient (Wildman–Crippen LogP) is 1.76. The van der Waals surface area contributed by atoms with E-state index in [-0.39, 0.29) is 5.56 Å². The first-order valence-corrected chi connectivity index (χ1v) is 6.93. The molecular weight excluding hydrogens is 258 g/mol. The van der Waals surface area contributed by atoms with Crippen LogP contribution in [-0.2, 0) is 11.3 Å². The number of morpholine rings is 1. The highest BCUT2D eigenvalue weighted by molar-refractivity contribution is 5.91. The molecule has 0 amide bonds. The minimum Gasteiger partial charge on any atom is -0.496 e. The van der Waals surface area contributed by atoms with Crippen LogP contribution >= 0.6 is 0 Å². The standard InChI is InChI=1S/C15H19NO4/c1-19-14-5-2-10(6-13(14)15(17)18)7-16-8-11-3-4-12(9-16)20-11/h2,5-6,11-12H,3-4,7-9H2,1H3,(H,17,18). The Labute approximate surface area is 118 Å². The lowest BCUT2D eigenvalue weighted by atomic mass is 10.1. The molecule has 2 heterocycles. The minimum atomic E-state index is -0.953. The van der Waals surface area contributed by atoms with Crippen molar-refractivity contribution < 1.29 is 19.4 Å². The molecule has 108 valence electrons. The fourth-order valence-corrected chi connectivity index (χ4v) is 3.11. The van der Waals surface area contributed by atoms with Gasteiger partial charge in [-0.15, -0.1) is 0 Å². The van der Waals surface area contributed by atoms with Crippen molar-refractivity contribution in [1.29, 1.82) is 0 Å². The van der Waals surface area contributed by atoms with Crippen molar-refractivity contribution in [3.8, 4) is 5.75 Å². The maximum absolute atomic E-state index is 11.2. The minimum absolute atomic E-state index is 0.223. The number of benzene rings is 1. The van der Waals surface area contributed by atoms with Gasteiger partial charge < -0.3 is 14.6 Å². The van der Waals surface area contributed by atoms with E-state index >= 15 is 0 Å². The van der Waals surface area contributed by atoms with E-state index in [1.807, 2.05) is 6.07 Å². The summed E-state index contributed by atoms with van der Waals surface area (Å²) in [5.74, 6) is -0.547. The largest absolute Gasteiger partial charge is 0.496 e. The van der Waals surface area contributed by atoms with Crippen molar-refractivity contribution in [1.82, 2.24) is 4.90 Å². The molecule has 5 heteroatoms. The van der Waals surface area contributed by atoms with Crippen LogP contribution in [0.15, 0.2) is 18.2 Å². The van der Waals surface area contributed by atoms with Gasteiger partial charge in [-0.1, -0.05) is 6.07 Å². The van der Waals surface area contributed by atoms with Gasteiger partial charge in [-0.25, -0.2) is 4.79 Å². The third-order valence-electron chi connectivity index (χ3n) is 4.02. The van der Waals surface area contributed by atoms with Crippen molar-refractivity contribution >= 4 is 5.97 Å². The van der Waals surface area contributed by atoms with Gasteiger partial charge in [0.05, 0.1) is 19.3 Å². The number of ether oxygens (including phenoxy) is 2. The first-order chi connectivity index (χ1) is 9.65. The Bertz CT molecular complexity index is 505. The van der Waals surface area contributed by atoms with Crippen LogP contribution in [0.4, 0.5) is 0 Å². The Balaban J connectivity index is 1.74. The van der Waals surface area contributed by atoms with Crippen LogP contribution in [0.1, 0.15) is 28.8 Å². The molecule has 0 aliphatic carbocycles. The van der Waals surface area contributed by atoms with Gasteiger partial charge >= 0.3 is 5.97 Å². The molecule has 2 aliphatic rings. The maximum Gasteiger partial charge on any atom is 0.339 e. The van der Waals surface area contributed by atoms with E-state index < -0.39 is 5.97 Å². The number of fused-ring (bicyclic) bond motifs is 2. The molecule has 2 saturated heterocycles. The lowest BCUT2D eigenvalue weighted by Gasteiger charge is -2.32. The molecule has 3 rings (SSSR count). The quantitative estimate of drug-likeness (QED) is 0.908. The fourth-order valence-electron chi connectivity index (χ4n) is 3.11. The molecular formula is C15H19NO4. The summed E-state index contributed by atoms with van der Waals surface area (Å²) in [7, 11) is 1.49. The molecule has 20 heavy (non-hydrogen) atoms. The molecule has 0 radical (unpaired) electrons. The average molecular weight is 277 g/mol. The van der Waals surface area contributed by atoms with Crippen LogP contribution in [0.25, 0.3) is 0 Å². The molecule has 1 aromatic carbocycles. The number of rotatable bonds is 4. The van der Waals surface area contributed by atoms with Gasteiger partial charge in [0.25, 0.3) is 0 Å². The number of likely N-dealkylation sites (tertiary alicyclic amines) is 1. The van der Waals surface area contributed by atoms with Gasteiger partial charge in [0, 0.05) is 19.6 Å². The van der Waals surface area contributed by atoms with Crippen molar-refractivity contribution in [2.24, 2.45) is 0 Å². The van der Waals surface area contributed by atoms with Crippen LogP contribution in [0.2, 0.25) is 0 Å². The normalized spacial score (nSPS) is 25.6. The molecule has 0 spiro atoms. The SMILES string of the molecule is COc1ccc(CN2CC3CCC(C2)O3)cc1C(=O)O. The van der Waals surface area contributed by atoms with E-state index in [1.165, 1.54) is 7.11 Å². The number of nitrogens with zero attached hydrogens (tertiary/aromatic N) is 1. The lowest BCUT2D eigenvalue weighted by Crippen LogP contribution is -2.41. The van der Waals surface area contributed by atoms with Crippen LogP contribution in [-0.4, -0.2) is 48.4 Å². The number of carboxylic acid groups (broad SMARTS) is 1. The molecule has 2 unspecified atom stereocenters. The van der Waals surface area contributed by atoms with E-state index in [2.05, 4.69) is 4.90 Å². The zero-order valence-corrected chi connectivity index (χ0v) is 11.5. The summed E-state index contributed by atoms with van der Waals surface area (Å²) < 4.78 is 10.9. The summed E-state index contributed by atoms with van der Waals surface area (Å²) in [4.78, 5) is 13.6. The van der Waals surface area contributed by atoms with Gasteiger partial charge in [-0.2, -0.15) is 0 Å². The molecule has 0 saturated carbocycles. The second-order valence-electron chi connectivity index (χ2n) is 5.49. The van der Waals surface area contributed by atoms with Crippen molar-refractivity contribution in [3.05, 3.63) is 29.3 Å². The molecule has 5 nitrogen and oxygen atoms in total. The van der Waals surface area contributed by atoms with Gasteiger partial charge in [0.1, 0.15) is 11.3 Å². The van der Waals surface area contributed by atoms with Crippen LogP contribution in [0, 0.1) is 0 Å². The second-order valence-corrected chi connectivity index (χ2v) is 5.49. The van der Waals surface area contributed by atoms with E-state index in [0.717, 1.165) is 38.0 Å². The van der Waals surface area contributed by atoms with Gasteiger partial charge in [0.2, 0.25) is 0 Å². The summed E-state index contributed by atoms with van der Waals surface area (Å²) >= 11 is 0. The fraction of sp³-hybridized carbons (Fsp3) is 0.533. The molecule has 2 fully saturated rings. The van der Waals surface area contributed by atoms with Crippen molar-refractivity contribution in [3.63, 3.8) is 0 Å². The Morgan fingerprint density at radius 2 is 2.10 bits per heavy atom. The predicted molar refractivity (Wildman–Crippen MR) is 73.1 cm³/mol. The topological polar surface area (TPSA) is 59.0 Å². The first-order valence-electron chi connectivity index (χ1n) is 6.93. The van der Waals surface area contributed by atoms with E-state index in [4.69, 9.17) is 9.47 Å². The Hall–Kier alpha value is -1.59. The van der Waals surface area contributed by atoms with Gasteiger partial charge in [0.15, 0.2) is 0 Å². The molecule has 1 aromatic rings. The summed E-state index contributed by atoms with van der Waals surface area (Å²) in [5.41, 5.74) is 1.23. The van der Waals surface area contributed by atoms with Crippen molar-refractivity contribution in [2.75, 3.05) is 20.2 Å². The van der Waals surface area contributed by atoms with Gasteiger partial charge in [-0.05, 0) is 30.5 Å². The molecule has 2 bridgehead atoms. The summed E-state index contributed by atoms with van der Waals surface area (Å²) in [6, 6.07) is 5.37. The highest BCUT2D eigenvalue weighted by Gasteiger charge is 2.33. The number of hydrogen-bond acceptors (Lipinski definition) is 4. The maximum atomic E-state index is 11.2. The Morgan fingerprint density at radius 1 is 1.40 bits per heavy atom. The summed E-state index contributed by atoms with van der Waals surface area (Å²) in [5, 5.41) is 9.21. The monoisotopic (exact) mass is 277 g/mol. The van der Waals surface area contributed by atoms with Crippen molar-refractivity contribution in [2.45, 2.75) is 31.6 Å². The summed E-state index contributed by atoms with van der Waals surface area (Å²) in [6.45, 7) is 2.64. The number of carboxylic acids is 1. The van der Waals surface area contributed by atoms with Crippen LogP contribution in [0.3, 0.4) is 0 Å². The number of methoxy groups -OCH3 is 1. The average Bonchev–Trinajstić information content (AvgIpc) is 2.78. The number of hydrogen-bond donors (Lipinski definition) is 1. The Morgan fingerprint density at radius 3 is 2.70 bits per heavy atom. The number of carbonyl (C=O) groups is 1. The van der Waals surface area contributed by atoms with E-state index in [9.17, 15) is 9.90 Å². The highest BCUT2D eigenvalue weighted by Crippen LogP contribution is 2.28. The first kappa shape index (κ1) is 13.4. The third-order valence-corrected chi connectivity index (χ3v) is 4.02. The third kappa shape index (κ3) is 2.64. The zero-order chi connectivity index (χ0) is 14.1. The lowest BCUT2D eigenvalue weighted by molar-refractivity contribution is -0.0410. The molecule has 2 aliphatic heterocycles. The number of aromatic carboxylic acids is 1. The van der Waals surface area contributed by atoms with Crippen LogP contribution in [0.5, 0.6) is 5.75 Å².